The van der Waals surface area contributed by atoms with Gasteiger partial charge < -0.3 is 20.6 Å². The van der Waals surface area contributed by atoms with Crippen molar-refractivity contribution in [3.8, 4) is 0 Å². The number of aliphatic hydroxyl groups excluding tert-OH is 1. The van der Waals surface area contributed by atoms with E-state index in [2.05, 4.69) is 16.8 Å². The summed E-state index contributed by atoms with van der Waals surface area (Å²) in [6, 6.07) is 7.47. The van der Waals surface area contributed by atoms with Crippen molar-refractivity contribution < 1.29 is 5.11 Å². The van der Waals surface area contributed by atoms with Crippen LogP contribution in [0.25, 0.3) is 0 Å². The average molecular weight is 263 g/mol. The summed E-state index contributed by atoms with van der Waals surface area (Å²) in [7, 11) is 2.07. The standard InChI is InChI=1S/C15H25N3O/c1-17(10-11-18-8-2-3-9-18)12-15(19)13-4-6-14(16)7-5-13/h4-7,15,19H,2-3,8-12,16H2,1H3. The van der Waals surface area contributed by atoms with Crippen LogP contribution < -0.4 is 5.73 Å². The minimum atomic E-state index is -0.441. The lowest BCUT2D eigenvalue weighted by atomic mass is 10.1. The molecule has 1 fully saturated rings. The number of benzene rings is 1. The first-order valence-electron chi connectivity index (χ1n) is 7.09. The highest BCUT2D eigenvalue weighted by Crippen LogP contribution is 2.15. The summed E-state index contributed by atoms with van der Waals surface area (Å²) < 4.78 is 0. The number of likely N-dealkylation sites (N-methyl/N-ethyl adjacent to an activating group) is 1. The fourth-order valence-corrected chi connectivity index (χ4v) is 2.53. The lowest BCUT2D eigenvalue weighted by molar-refractivity contribution is 0.121. The van der Waals surface area contributed by atoms with Crippen LogP contribution in [0.1, 0.15) is 24.5 Å². The van der Waals surface area contributed by atoms with Gasteiger partial charge in [-0.15, -0.1) is 0 Å². The molecule has 0 bridgehead atoms. The van der Waals surface area contributed by atoms with E-state index in [9.17, 15) is 5.11 Å². The third kappa shape index (κ3) is 4.49. The maximum atomic E-state index is 10.2. The lowest BCUT2D eigenvalue weighted by Crippen LogP contribution is -2.33. The normalized spacial score (nSPS) is 18.1. The summed E-state index contributed by atoms with van der Waals surface area (Å²) in [5.41, 5.74) is 7.32. The minimum Gasteiger partial charge on any atom is -0.399 e. The molecule has 0 spiro atoms. The van der Waals surface area contributed by atoms with Crippen LogP contribution in [0.2, 0.25) is 0 Å². The summed E-state index contributed by atoms with van der Waals surface area (Å²) >= 11 is 0. The molecule has 1 unspecified atom stereocenters. The summed E-state index contributed by atoms with van der Waals surface area (Å²) in [5.74, 6) is 0. The number of aliphatic hydroxyl groups is 1. The molecule has 4 nitrogen and oxygen atoms in total. The Hall–Kier alpha value is -1.10. The van der Waals surface area contributed by atoms with E-state index in [1.807, 2.05) is 24.3 Å². The molecule has 1 atom stereocenters. The Morgan fingerprint density at radius 2 is 1.89 bits per heavy atom. The van der Waals surface area contributed by atoms with Crippen molar-refractivity contribution in [2.75, 3.05) is 45.5 Å². The summed E-state index contributed by atoms with van der Waals surface area (Å²) in [6.07, 6.45) is 2.22. The molecule has 1 aliphatic rings. The van der Waals surface area contributed by atoms with E-state index in [1.54, 1.807) is 0 Å². The Labute approximate surface area is 115 Å². The molecule has 1 saturated heterocycles. The highest BCUT2D eigenvalue weighted by atomic mass is 16.3. The van der Waals surface area contributed by atoms with Crippen molar-refractivity contribution in [1.82, 2.24) is 9.80 Å². The second-order valence-electron chi connectivity index (χ2n) is 5.49. The number of likely N-dealkylation sites (tertiary alicyclic amines) is 1. The molecule has 106 valence electrons. The van der Waals surface area contributed by atoms with E-state index >= 15 is 0 Å². The SMILES string of the molecule is CN(CCN1CCCC1)CC(O)c1ccc(N)cc1. The van der Waals surface area contributed by atoms with Gasteiger partial charge in [-0.3, -0.25) is 0 Å². The van der Waals surface area contributed by atoms with Crippen LogP contribution in [0.15, 0.2) is 24.3 Å². The number of hydrogen-bond donors (Lipinski definition) is 2. The van der Waals surface area contributed by atoms with E-state index < -0.39 is 6.10 Å². The van der Waals surface area contributed by atoms with Gasteiger partial charge >= 0.3 is 0 Å². The van der Waals surface area contributed by atoms with E-state index in [1.165, 1.54) is 25.9 Å². The molecule has 2 rings (SSSR count). The molecule has 0 saturated carbocycles. The highest BCUT2D eigenvalue weighted by molar-refractivity contribution is 5.39. The van der Waals surface area contributed by atoms with Crippen LogP contribution in [0.3, 0.4) is 0 Å². The van der Waals surface area contributed by atoms with Gasteiger partial charge in [0.05, 0.1) is 6.10 Å². The Kier molecular flexibility index (Phi) is 5.19. The number of hydrogen-bond acceptors (Lipinski definition) is 4. The molecule has 3 N–H and O–H groups in total. The van der Waals surface area contributed by atoms with Gasteiger partial charge in [0, 0.05) is 25.3 Å². The molecule has 1 aromatic rings. The molecule has 0 radical (unpaired) electrons. The first kappa shape index (κ1) is 14.3. The van der Waals surface area contributed by atoms with Crippen molar-refractivity contribution in [1.29, 1.82) is 0 Å². The molecule has 1 aromatic carbocycles. The molecule has 1 heterocycles. The van der Waals surface area contributed by atoms with Gasteiger partial charge in [0.1, 0.15) is 0 Å². The monoisotopic (exact) mass is 263 g/mol. The topological polar surface area (TPSA) is 52.7 Å². The number of nitrogens with zero attached hydrogens (tertiary/aromatic N) is 2. The van der Waals surface area contributed by atoms with Crippen LogP contribution in [0.4, 0.5) is 5.69 Å². The van der Waals surface area contributed by atoms with E-state index in [4.69, 9.17) is 5.73 Å². The second-order valence-corrected chi connectivity index (χ2v) is 5.49. The third-order valence-corrected chi connectivity index (χ3v) is 3.80. The molecular formula is C15H25N3O. The van der Waals surface area contributed by atoms with Gasteiger partial charge in [-0.25, -0.2) is 0 Å². The molecule has 4 heteroatoms. The zero-order chi connectivity index (χ0) is 13.7. The van der Waals surface area contributed by atoms with E-state index in [0.717, 1.165) is 24.3 Å². The van der Waals surface area contributed by atoms with Gasteiger partial charge in [0.2, 0.25) is 0 Å². The van der Waals surface area contributed by atoms with Crippen LogP contribution in [0, 0.1) is 0 Å². The maximum absolute atomic E-state index is 10.2. The molecule has 0 amide bonds. The summed E-state index contributed by atoms with van der Waals surface area (Å²) in [6.45, 7) is 5.23. The fraction of sp³-hybridized carbons (Fsp3) is 0.600. The van der Waals surface area contributed by atoms with Gasteiger partial charge in [-0.05, 0) is 50.7 Å². The predicted molar refractivity (Wildman–Crippen MR) is 79.0 cm³/mol. The van der Waals surface area contributed by atoms with Crippen LogP contribution in [-0.4, -0.2) is 54.7 Å². The number of rotatable bonds is 6. The Morgan fingerprint density at radius 1 is 1.26 bits per heavy atom. The molecule has 1 aliphatic heterocycles. The summed E-state index contributed by atoms with van der Waals surface area (Å²) in [5, 5.41) is 10.2. The lowest BCUT2D eigenvalue weighted by Gasteiger charge is -2.23. The molecule has 19 heavy (non-hydrogen) atoms. The van der Waals surface area contributed by atoms with Gasteiger partial charge in [-0.1, -0.05) is 12.1 Å². The molecule has 0 aliphatic carbocycles. The van der Waals surface area contributed by atoms with Crippen molar-refractivity contribution in [3.05, 3.63) is 29.8 Å². The largest absolute Gasteiger partial charge is 0.399 e. The fourth-order valence-electron chi connectivity index (χ4n) is 2.53. The van der Waals surface area contributed by atoms with Crippen molar-refractivity contribution in [2.45, 2.75) is 18.9 Å². The van der Waals surface area contributed by atoms with Crippen molar-refractivity contribution in [2.24, 2.45) is 0 Å². The predicted octanol–water partition coefficient (Wildman–Crippen LogP) is 1.33. The van der Waals surface area contributed by atoms with Crippen LogP contribution in [0.5, 0.6) is 0 Å². The number of anilines is 1. The zero-order valence-electron chi connectivity index (χ0n) is 11.8. The number of nitrogen functional groups attached to an aromatic ring is 1. The molecule has 0 aromatic heterocycles. The Balaban J connectivity index is 1.74. The van der Waals surface area contributed by atoms with Crippen molar-refractivity contribution in [3.63, 3.8) is 0 Å². The zero-order valence-corrected chi connectivity index (χ0v) is 11.8. The number of nitrogens with two attached hydrogens (primary N) is 1. The van der Waals surface area contributed by atoms with E-state index in [-0.39, 0.29) is 0 Å². The molecular weight excluding hydrogens is 238 g/mol. The Bertz CT molecular complexity index is 373. The van der Waals surface area contributed by atoms with Gasteiger partial charge in [0.15, 0.2) is 0 Å². The van der Waals surface area contributed by atoms with E-state index in [0.29, 0.717) is 6.54 Å². The van der Waals surface area contributed by atoms with Crippen molar-refractivity contribution >= 4 is 5.69 Å². The van der Waals surface area contributed by atoms with Gasteiger partial charge in [-0.2, -0.15) is 0 Å². The maximum Gasteiger partial charge on any atom is 0.0916 e. The third-order valence-electron chi connectivity index (χ3n) is 3.80. The second kappa shape index (κ2) is 6.89. The highest BCUT2D eigenvalue weighted by Gasteiger charge is 2.14. The smallest absolute Gasteiger partial charge is 0.0916 e. The van der Waals surface area contributed by atoms with Crippen LogP contribution in [-0.2, 0) is 0 Å². The first-order chi connectivity index (χ1) is 9.15. The average Bonchev–Trinajstić information content (AvgIpc) is 2.90. The minimum absolute atomic E-state index is 0.441. The van der Waals surface area contributed by atoms with Gasteiger partial charge in [0.25, 0.3) is 0 Å². The van der Waals surface area contributed by atoms with Crippen LogP contribution >= 0.6 is 0 Å². The Morgan fingerprint density at radius 3 is 2.53 bits per heavy atom. The first-order valence-corrected chi connectivity index (χ1v) is 7.09. The quantitative estimate of drug-likeness (QED) is 0.760. The summed E-state index contributed by atoms with van der Waals surface area (Å²) in [4.78, 5) is 4.69.